The number of rotatable bonds is 6. The van der Waals surface area contributed by atoms with Crippen LogP contribution in [0.2, 0.25) is 0 Å². The molecule has 1 aliphatic rings. The van der Waals surface area contributed by atoms with Crippen molar-refractivity contribution in [3.8, 4) is 5.75 Å². The number of methoxy groups -OCH3 is 1. The number of hydrogen-bond acceptors (Lipinski definition) is 4. The first-order chi connectivity index (χ1) is 14.0. The van der Waals surface area contributed by atoms with Crippen LogP contribution in [0.15, 0.2) is 70.0 Å². The molecule has 7 heteroatoms. The molecular formula is C22H23BrN2O3S. The van der Waals surface area contributed by atoms with Crippen molar-refractivity contribution in [3.05, 3.63) is 70.7 Å². The molecule has 0 bridgehead atoms. The Morgan fingerprint density at radius 3 is 2.62 bits per heavy atom. The van der Waals surface area contributed by atoms with Crippen LogP contribution in [0, 0.1) is 0 Å². The van der Waals surface area contributed by atoms with Crippen LogP contribution in [0.4, 0.5) is 0 Å². The van der Waals surface area contributed by atoms with Crippen LogP contribution in [0.3, 0.4) is 0 Å². The maximum Gasteiger partial charge on any atom is 0.240 e. The van der Waals surface area contributed by atoms with Gasteiger partial charge >= 0.3 is 0 Å². The Bertz CT molecular complexity index is 1120. The van der Waals surface area contributed by atoms with Gasteiger partial charge < -0.3 is 4.74 Å². The molecule has 0 aromatic heterocycles. The molecule has 1 saturated heterocycles. The van der Waals surface area contributed by atoms with Gasteiger partial charge in [0.15, 0.2) is 0 Å². The summed E-state index contributed by atoms with van der Waals surface area (Å²) in [5.74, 6) is 0.864. The van der Waals surface area contributed by atoms with E-state index in [0.717, 1.165) is 35.3 Å². The highest BCUT2D eigenvalue weighted by molar-refractivity contribution is 9.10. The van der Waals surface area contributed by atoms with Crippen LogP contribution in [-0.4, -0.2) is 39.6 Å². The average molecular weight is 475 g/mol. The number of ether oxygens (including phenoxy) is 1. The van der Waals surface area contributed by atoms with Crippen molar-refractivity contribution in [1.82, 2.24) is 9.62 Å². The first-order valence-electron chi connectivity index (χ1n) is 9.51. The summed E-state index contributed by atoms with van der Waals surface area (Å²) in [6.07, 6.45) is 0.781. The Hall–Kier alpha value is -1.93. The van der Waals surface area contributed by atoms with Gasteiger partial charge in [-0.1, -0.05) is 46.3 Å². The highest BCUT2D eigenvalue weighted by Crippen LogP contribution is 2.30. The lowest BCUT2D eigenvalue weighted by molar-refractivity contribution is 0.316. The molecule has 1 N–H and O–H groups in total. The SMILES string of the molecule is COc1ccc2ccccc2c1CN1CCC(NS(=O)(=O)c2ccc(Br)cc2)C1. The molecule has 0 spiro atoms. The lowest BCUT2D eigenvalue weighted by Crippen LogP contribution is -2.37. The van der Waals surface area contributed by atoms with Crippen molar-refractivity contribution < 1.29 is 13.2 Å². The topological polar surface area (TPSA) is 58.6 Å². The lowest BCUT2D eigenvalue weighted by Gasteiger charge is -2.20. The minimum absolute atomic E-state index is 0.107. The smallest absolute Gasteiger partial charge is 0.240 e. The van der Waals surface area contributed by atoms with Crippen molar-refractivity contribution in [2.75, 3.05) is 20.2 Å². The Balaban J connectivity index is 1.48. The molecule has 1 atom stereocenters. The van der Waals surface area contributed by atoms with Gasteiger partial charge in [0.25, 0.3) is 0 Å². The predicted octanol–water partition coefficient (Wildman–Crippen LogP) is 4.16. The summed E-state index contributed by atoms with van der Waals surface area (Å²) in [4.78, 5) is 2.56. The molecule has 1 heterocycles. The average Bonchev–Trinajstić information content (AvgIpc) is 3.14. The number of hydrogen-bond donors (Lipinski definition) is 1. The van der Waals surface area contributed by atoms with Gasteiger partial charge in [-0.05, 0) is 47.5 Å². The van der Waals surface area contributed by atoms with Crippen LogP contribution in [0.1, 0.15) is 12.0 Å². The van der Waals surface area contributed by atoms with Crippen LogP contribution in [0.25, 0.3) is 10.8 Å². The normalized spacial score (nSPS) is 17.7. The fourth-order valence-electron chi connectivity index (χ4n) is 3.87. The molecule has 1 fully saturated rings. The maximum atomic E-state index is 12.7. The van der Waals surface area contributed by atoms with Gasteiger partial charge in [-0.25, -0.2) is 13.1 Å². The summed E-state index contributed by atoms with van der Waals surface area (Å²) in [6, 6.07) is 18.9. The number of benzene rings is 3. The second-order valence-electron chi connectivity index (χ2n) is 7.26. The monoisotopic (exact) mass is 474 g/mol. The van der Waals surface area contributed by atoms with Gasteiger partial charge in [-0.2, -0.15) is 0 Å². The molecule has 29 heavy (non-hydrogen) atoms. The molecule has 3 aromatic carbocycles. The molecule has 0 aliphatic carbocycles. The number of halogens is 1. The highest BCUT2D eigenvalue weighted by atomic mass is 79.9. The van der Waals surface area contributed by atoms with Crippen LogP contribution in [-0.2, 0) is 16.6 Å². The molecule has 4 rings (SSSR count). The number of likely N-dealkylation sites (tertiary alicyclic amines) is 1. The number of fused-ring (bicyclic) bond motifs is 1. The van der Waals surface area contributed by atoms with Crippen molar-refractivity contribution in [2.24, 2.45) is 0 Å². The van der Waals surface area contributed by atoms with Gasteiger partial charge in [0.05, 0.1) is 12.0 Å². The molecule has 1 unspecified atom stereocenters. The first kappa shape index (κ1) is 20.3. The van der Waals surface area contributed by atoms with Gasteiger partial charge in [0.1, 0.15) is 5.75 Å². The van der Waals surface area contributed by atoms with E-state index in [0.29, 0.717) is 6.54 Å². The highest BCUT2D eigenvalue weighted by Gasteiger charge is 2.28. The molecule has 0 saturated carbocycles. The second kappa shape index (κ2) is 8.44. The third-order valence-electron chi connectivity index (χ3n) is 5.32. The summed E-state index contributed by atoms with van der Waals surface area (Å²) in [7, 11) is -1.84. The van der Waals surface area contributed by atoms with Crippen molar-refractivity contribution in [3.63, 3.8) is 0 Å². The minimum Gasteiger partial charge on any atom is -0.496 e. The van der Waals surface area contributed by atoms with Crippen LogP contribution in [0.5, 0.6) is 5.75 Å². The van der Waals surface area contributed by atoms with E-state index in [4.69, 9.17) is 4.74 Å². The third kappa shape index (κ3) is 4.48. The van der Waals surface area contributed by atoms with Crippen molar-refractivity contribution in [2.45, 2.75) is 23.9 Å². The minimum atomic E-state index is -3.53. The number of nitrogens with zero attached hydrogens (tertiary/aromatic N) is 1. The predicted molar refractivity (Wildman–Crippen MR) is 119 cm³/mol. The van der Waals surface area contributed by atoms with E-state index in [9.17, 15) is 8.42 Å². The fourth-order valence-corrected chi connectivity index (χ4v) is 5.39. The van der Waals surface area contributed by atoms with Gasteiger partial charge in [0.2, 0.25) is 10.0 Å². The summed E-state index contributed by atoms with van der Waals surface area (Å²) < 4.78 is 34.7. The zero-order valence-electron chi connectivity index (χ0n) is 16.1. The molecule has 152 valence electrons. The number of sulfonamides is 1. The maximum absolute atomic E-state index is 12.7. The second-order valence-corrected chi connectivity index (χ2v) is 9.89. The summed E-state index contributed by atoms with van der Waals surface area (Å²) >= 11 is 3.34. The Morgan fingerprint density at radius 2 is 1.86 bits per heavy atom. The van der Waals surface area contributed by atoms with E-state index in [2.05, 4.69) is 43.8 Å². The quantitative estimate of drug-likeness (QED) is 0.582. The summed E-state index contributed by atoms with van der Waals surface area (Å²) in [5, 5.41) is 2.35. The molecule has 5 nitrogen and oxygen atoms in total. The Kier molecular flexibility index (Phi) is 5.92. The molecule has 1 aliphatic heterocycles. The van der Waals surface area contributed by atoms with Crippen LogP contribution < -0.4 is 9.46 Å². The zero-order chi connectivity index (χ0) is 20.4. The molecule has 0 radical (unpaired) electrons. The van der Waals surface area contributed by atoms with E-state index in [-0.39, 0.29) is 10.9 Å². The summed E-state index contributed by atoms with van der Waals surface area (Å²) in [5.41, 5.74) is 1.14. The summed E-state index contributed by atoms with van der Waals surface area (Å²) in [6.45, 7) is 2.23. The fraction of sp³-hybridized carbons (Fsp3) is 0.273. The van der Waals surface area contributed by atoms with Gasteiger partial charge in [-0.15, -0.1) is 0 Å². The van der Waals surface area contributed by atoms with Crippen LogP contribution >= 0.6 is 15.9 Å². The van der Waals surface area contributed by atoms with E-state index in [1.807, 2.05) is 18.2 Å². The Morgan fingerprint density at radius 1 is 1.10 bits per heavy atom. The lowest BCUT2D eigenvalue weighted by atomic mass is 10.0. The van der Waals surface area contributed by atoms with E-state index in [1.165, 1.54) is 10.8 Å². The molecule has 3 aromatic rings. The van der Waals surface area contributed by atoms with E-state index in [1.54, 1.807) is 31.4 Å². The Labute approximate surface area is 179 Å². The van der Waals surface area contributed by atoms with E-state index < -0.39 is 10.0 Å². The van der Waals surface area contributed by atoms with Gasteiger partial charge in [0, 0.05) is 35.7 Å². The van der Waals surface area contributed by atoms with Gasteiger partial charge in [-0.3, -0.25) is 4.90 Å². The largest absolute Gasteiger partial charge is 0.496 e. The van der Waals surface area contributed by atoms with Crippen molar-refractivity contribution in [1.29, 1.82) is 0 Å². The zero-order valence-corrected chi connectivity index (χ0v) is 18.5. The standard InChI is InChI=1S/C22H23BrN2O3S/c1-28-22-11-6-16-4-2-3-5-20(16)21(22)15-25-13-12-18(14-25)24-29(26,27)19-9-7-17(23)8-10-19/h2-11,18,24H,12-15H2,1H3. The van der Waals surface area contributed by atoms with Crippen molar-refractivity contribution >= 4 is 36.7 Å². The molecular weight excluding hydrogens is 452 g/mol. The number of nitrogens with one attached hydrogen (secondary N) is 1. The first-order valence-corrected chi connectivity index (χ1v) is 11.8. The third-order valence-corrected chi connectivity index (χ3v) is 7.38. The molecule has 0 amide bonds. The van der Waals surface area contributed by atoms with E-state index >= 15 is 0 Å².